The first kappa shape index (κ1) is 14.6. The third-order valence-corrected chi connectivity index (χ3v) is 3.12. The molecule has 0 aliphatic heterocycles. The zero-order chi connectivity index (χ0) is 14.7. The Morgan fingerprint density at radius 3 is 2.60 bits per heavy atom. The first-order valence-corrected chi connectivity index (χ1v) is 6.32. The van der Waals surface area contributed by atoms with Gasteiger partial charge in [0, 0.05) is 16.7 Å². The molecule has 104 valence electrons. The monoisotopic (exact) mass is 314 g/mol. The maximum absolute atomic E-state index is 13.7. The van der Waals surface area contributed by atoms with Gasteiger partial charge in [0.1, 0.15) is 18.2 Å². The van der Waals surface area contributed by atoms with Gasteiger partial charge in [0.15, 0.2) is 0 Å². The first-order valence-electron chi connectivity index (χ1n) is 5.57. The fraction of sp³-hybridized carbons (Fsp3) is 0.0714. The second kappa shape index (κ2) is 6.11. The molecule has 0 heterocycles. The molecule has 6 heteroatoms. The maximum atomic E-state index is 13.7. The van der Waals surface area contributed by atoms with Gasteiger partial charge < -0.3 is 9.84 Å². The Balaban J connectivity index is 2.15. The smallest absolute Gasteiger partial charge is 0.335 e. The van der Waals surface area contributed by atoms with Gasteiger partial charge >= 0.3 is 5.97 Å². The molecule has 1 N–H and O–H groups in total. The zero-order valence-electron chi connectivity index (χ0n) is 10.1. The summed E-state index contributed by atoms with van der Waals surface area (Å²) in [5, 5.41) is 9.55. The summed E-state index contributed by atoms with van der Waals surface area (Å²) in [4.78, 5) is 10.7. The van der Waals surface area contributed by atoms with Crippen LogP contribution in [0.4, 0.5) is 4.39 Å². The molecule has 0 saturated heterocycles. The summed E-state index contributed by atoms with van der Waals surface area (Å²) in [6.07, 6.45) is 0. The van der Waals surface area contributed by atoms with Crippen LogP contribution in [0, 0.1) is 5.82 Å². The van der Waals surface area contributed by atoms with Gasteiger partial charge in [-0.2, -0.15) is 0 Å². The lowest BCUT2D eigenvalue weighted by atomic mass is 10.1. The molecule has 0 spiro atoms. The number of benzene rings is 2. The molecule has 2 aromatic carbocycles. The zero-order valence-corrected chi connectivity index (χ0v) is 11.6. The summed E-state index contributed by atoms with van der Waals surface area (Å²) in [5.74, 6) is -1.50. The van der Waals surface area contributed by atoms with E-state index in [-0.39, 0.29) is 17.7 Å². The van der Waals surface area contributed by atoms with Gasteiger partial charge in [-0.15, -0.1) is 0 Å². The van der Waals surface area contributed by atoms with Crippen LogP contribution < -0.4 is 4.74 Å². The highest BCUT2D eigenvalue weighted by Gasteiger charge is 2.10. The van der Waals surface area contributed by atoms with Crippen molar-refractivity contribution in [1.82, 2.24) is 0 Å². The highest BCUT2D eigenvalue weighted by molar-refractivity contribution is 6.34. The summed E-state index contributed by atoms with van der Waals surface area (Å²) in [7, 11) is 0. The van der Waals surface area contributed by atoms with E-state index < -0.39 is 11.8 Å². The van der Waals surface area contributed by atoms with Crippen molar-refractivity contribution in [3.05, 3.63) is 63.4 Å². The third-order valence-electron chi connectivity index (χ3n) is 2.58. The van der Waals surface area contributed by atoms with Crippen LogP contribution >= 0.6 is 23.2 Å². The van der Waals surface area contributed by atoms with Gasteiger partial charge in [0.2, 0.25) is 0 Å². The van der Waals surface area contributed by atoms with E-state index in [1.54, 1.807) is 12.1 Å². The number of halogens is 3. The molecule has 2 aromatic rings. The molecule has 0 amide bonds. The van der Waals surface area contributed by atoms with Crippen LogP contribution in [0.25, 0.3) is 0 Å². The summed E-state index contributed by atoms with van der Waals surface area (Å²) in [6.45, 7) is -0.0776. The van der Waals surface area contributed by atoms with Crippen molar-refractivity contribution >= 4 is 29.2 Å². The molecule has 0 saturated carbocycles. The normalized spacial score (nSPS) is 10.3. The molecule has 0 atom stereocenters. The molecule has 2 rings (SSSR count). The van der Waals surface area contributed by atoms with E-state index in [0.29, 0.717) is 15.8 Å². The second-order valence-corrected chi connectivity index (χ2v) is 4.82. The number of hydrogen-bond acceptors (Lipinski definition) is 2. The van der Waals surface area contributed by atoms with Crippen LogP contribution in [-0.4, -0.2) is 11.1 Å². The highest BCUT2D eigenvalue weighted by atomic mass is 35.5. The van der Waals surface area contributed by atoms with E-state index in [1.807, 2.05) is 0 Å². The predicted molar refractivity (Wildman–Crippen MR) is 74.2 cm³/mol. The predicted octanol–water partition coefficient (Wildman–Crippen LogP) is 4.41. The van der Waals surface area contributed by atoms with E-state index in [1.165, 1.54) is 18.2 Å². The largest absolute Gasteiger partial charge is 0.487 e. The van der Waals surface area contributed by atoms with Crippen LogP contribution in [0.2, 0.25) is 10.0 Å². The molecule has 0 aliphatic rings. The molecule has 20 heavy (non-hydrogen) atoms. The lowest BCUT2D eigenvalue weighted by Gasteiger charge is -2.09. The van der Waals surface area contributed by atoms with Crippen molar-refractivity contribution in [2.75, 3.05) is 0 Å². The molecule has 0 fully saturated rings. The van der Waals surface area contributed by atoms with E-state index in [4.69, 9.17) is 33.0 Å². The quantitative estimate of drug-likeness (QED) is 0.909. The fourth-order valence-corrected chi connectivity index (χ4v) is 1.87. The van der Waals surface area contributed by atoms with Crippen molar-refractivity contribution in [2.24, 2.45) is 0 Å². The minimum absolute atomic E-state index is 0.0776. The van der Waals surface area contributed by atoms with Gasteiger partial charge in [-0.1, -0.05) is 29.3 Å². The Morgan fingerprint density at radius 2 is 1.95 bits per heavy atom. The number of hydrogen-bond donors (Lipinski definition) is 1. The van der Waals surface area contributed by atoms with Crippen molar-refractivity contribution < 1.29 is 19.0 Å². The molecule has 3 nitrogen and oxygen atoms in total. The minimum atomic E-state index is -1.19. The molecule has 0 unspecified atom stereocenters. The number of aromatic carboxylic acids is 1. The van der Waals surface area contributed by atoms with Gasteiger partial charge in [-0.3, -0.25) is 0 Å². The Labute approximate surface area is 124 Å². The summed E-state index contributed by atoms with van der Waals surface area (Å²) < 4.78 is 19.1. The average Bonchev–Trinajstić information content (AvgIpc) is 2.40. The third kappa shape index (κ3) is 3.40. The molecule has 0 aromatic heterocycles. The second-order valence-electron chi connectivity index (χ2n) is 3.97. The number of carbonyl (C=O) groups is 1. The van der Waals surface area contributed by atoms with Crippen molar-refractivity contribution in [3.63, 3.8) is 0 Å². The maximum Gasteiger partial charge on any atom is 0.335 e. The molecular weight excluding hydrogens is 306 g/mol. The summed E-state index contributed by atoms with van der Waals surface area (Å²) in [5.41, 5.74) is 0.109. The van der Waals surface area contributed by atoms with Crippen molar-refractivity contribution in [3.8, 4) is 5.75 Å². The Hall–Kier alpha value is -1.78. The fourth-order valence-electron chi connectivity index (χ4n) is 1.54. The van der Waals surface area contributed by atoms with Crippen LogP contribution in [0.15, 0.2) is 36.4 Å². The van der Waals surface area contributed by atoms with E-state index >= 15 is 0 Å². The molecule has 0 aliphatic carbocycles. The lowest BCUT2D eigenvalue weighted by molar-refractivity contribution is 0.0696. The van der Waals surface area contributed by atoms with E-state index in [2.05, 4.69) is 0 Å². The van der Waals surface area contributed by atoms with Gasteiger partial charge in [-0.25, -0.2) is 9.18 Å². The summed E-state index contributed by atoms with van der Waals surface area (Å²) >= 11 is 11.7. The standard InChI is InChI=1S/C14H9Cl2FO3/c15-10-3-4-11(16)13(6-10)20-7-9-2-1-8(14(18)19)5-12(9)17/h1-6H,7H2,(H,18,19). The number of carboxylic acid groups (broad SMARTS) is 1. The average molecular weight is 315 g/mol. The van der Waals surface area contributed by atoms with Gasteiger partial charge in [-0.05, 0) is 24.3 Å². The molecule has 0 radical (unpaired) electrons. The minimum Gasteiger partial charge on any atom is -0.487 e. The van der Waals surface area contributed by atoms with Crippen molar-refractivity contribution in [1.29, 1.82) is 0 Å². The van der Waals surface area contributed by atoms with Crippen LogP contribution in [0.3, 0.4) is 0 Å². The SMILES string of the molecule is O=C(O)c1ccc(COc2cc(Cl)ccc2Cl)c(F)c1. The Bertz CT molecular complexity index is 659. The highest BCUT2D eigenvalue weighted by Crippen LogP contribution is 2.28. The Kier molecular flexibility index (Phi) is 4.47. The number of rotatable bonds is 4. The lowest BCUT2D eigenvalue weighted by Crippen LogP contribution is -2.02. The van der Waals surface area contributed by atoms with Crippen LogP contribution in [0.5, 0.6) is 5.75 Å². The topological polar surface area (TPSA) is 46.5 Å². The molecule has 0 bridgehead atoms. The van der Waals surface area contributed by atoms with E-state index in [9.17, 15) is 9.18 Å². The van der Waals surface area contributed by atoms with Gasteiger partial charge in [0.05, 0.1) is 10.6 Å². The van der Waals surface area contributed by atoms with E-state index in [0.717, 1.165) is 6.07 Å². The first-order chi connectivity index (χ1) is 9.47. The van der Waals surface area contributed by atoms with Gasteiger partial charge in [0.25, 0.3) is 0 Å². The number of carboxylic acids is 1. The molecular formula is C14H9Cl2FO3. The van der Waals surface area contributed by atoms with Crippen LogP contribution in [0.1, 0.15) is 15.9 Å². The Morgan fingerprint density at radius 1 is 1.20 bits per heavy atom. The van der Waals surface area contributed by atoms with Crippen LogP contribution in [-0.2, 0) is 6.61 Å². The summed E-state index contributed by atoms with van der Waals surface area (Å²) in [6, 6.07) is 8.32. The number of ether oxygens (including phenoxy) is 1. The van der Waals surface area contributed by atoms with Crippen molar-refractivity contribution in [2.45, 2.75) is 6.61 Å².